The van der Waals surface area contributed by atoms with Gasteiger partial charge in [0.15, 0.2) is 12.0 Å². The van der Waals surface area contributed by atoms with Crippen LogP contribution in [0, 0.1) is 30.6 Å². The van der Waals surface area contributed by atoms with Gasteiger partial charge in [0.25, 0.3) is 11.7 Å². The zero-order valence-corrected chi connectivity index (χ0v) is 28.7. The number of Topliss-reactive ketones (excluding diaryl/α,β-unsaturated/α-hetero) is 1. The molecule has 3 aliphatic rings. The fourth-order valence-corrected chi connectivity index (χ4v) is 6.47. The molecule has 2 aromatic rings. The van der Waals surface area contributed by atoms with Crippen molar-refractivity contribution in [3.8, 4) is 23.0 Å². The third kappa shape index (κ3) is 6.51. The van der Waals surface area contributed by atoms with Crippen molar-refractivity contribution >= 4 is 34.4 Å². The van der Waals surface area contributed by atoms with Gasteiger partial charge in [-0.15, -0.1) is 0 Å². The molecule has 9 atom stereocenters. The highest BCUT2D eigenvalue weighted by Gasteiger charge is 2.49. The molecular formula is C36H45NO12. The van der Waals surface area contributed by atoms with Gasteiger partial charge in [-0.1, -0.05) is 45.9 Å². The molecule has 1 amide bonds. The molecule has 0 saturated carbocycles. The van der Waals surface area contributed by atoms with Crippen molar-refractivity contribution in [3.05, 3.63) is 52.8 Å². The molecule has 49 heavy (non-hydrogen) atoms. The number of phenols is 3. The summed E-state index contributed by atoms with van der Waals surface area (Å²) in [5.41, 5.74) is -1.21. The number of allylic oxidation sites excluding steroid dienone is 2. The number of aromatic hydroxyl groups is 3. The van der Waals surface area contributed by atoms with Crippen LogP contribution in [0.3, 0.4) is 0 Å². The molecule has 5 rings (SSSR count). The molecular weight excluding hydrogens is 638 g/mol. The molecule has 0 radical (unpaired) electrons. The number of phenolic OH excluding ortho intramolecular Hbond substituents is 3. The van der Waals surface area contributed by atoms with E-state index in [-0.39, 0.29) is 34.1 Å². The molecule has 13 heteroatoms. The zero-order chi connectivity index (χ0) is 36.7. The number of amides is 1. The summed E-state index contributed by atoms with van der Waals surface area (Å²) < 4.78 is 17.3. The third-order valence-corrected chi connectivity index (χ3v) is 9.89. The number of rotatable bonds is 2. The maximum atomic E-state index is 13.9. The number of anilines is 1. The van der Waals surface area contributed by atoms with E-state index in [1.807, 2.05) is 0 Å². The summed E-state index contributed by atoms with van der Waals surface area (Å²) in [4.78, 5) is 39.4. The van der Waals surface area contributed by atoms with Crippen LogP contribution in [-0.4, -0.2) is 85.9 Å². The highest BCUT2D eigenvalue weighted by atomic mass is 16.7. The van der Waals surface area contributed by atoms with Gasteiger partial charge in [-0.2, -0.15) is 0 Å². The molecule has 0 unspecified atom stereocenters. The van der Waals surface area contributed by atoms with Crippen LogP contribution in [0.5, 0.6) is 23.0 Å². The van der Waals surface area contributed by atoms with Crippen LogP contribution in [0.2, 0.25) is 0 Å². The van der Waals surface area contributed by atoms with Crippen LogP contribution in [0.25, 0.3) is 10.8 Å². The first-order valence-corrected chi connectivity index (χ1v) is 16.0. The quantitative estimate of drug-likeness (QED) is 0.136. The predicted molar refractivity (Wildman–Crippen MR) is 180 cm³/mol. The van der Waals surface area contributed by atoms with Crippen LogP contribution in [0.1, 0.15) is 67.8 Å². The van der Waals surface area contributed by atoms with Crippen LogP contribution < -0.4 is 10.1 Å². The van der Waals surface area contributed by atoms with Gasteiger partial charge in [0, 0.05) is 54.2 Å². The number of aliphatic hydroxyl groups excluding tert-OH is 3. The topological polar surface area (TPSA) is 212 Å². The van der Waals surface area contributed by atoms with Gasteiger partial charge < -0.3 is 50.2 Å². The van der Waals surface area contributed by atoms with Crippen molar-refractivity contribution < 1.29 is 59.2 Å². The lowest BCUT2D eigenvalue weighted by Gasteiger charge is -2.36. The van der Waals surface area contributed by atoms with Gasteiger partial charge in [0.1, 0.15) is 17.2 Å². The number of hydrogen-bond acceptors (Lipinski definition) is 12. The number of benzene rings is 2. The summed E-state index contributed by atoms with van der Waals surface area (Å²) in [5, 5.41) is 68.9. The minimum Gasteiger partial charge on any atom is -0.507 e. The minimum absolute atomic E-state index is 0.00862. The van der Waals surface area contributed by atoms with Crippen LogP contribution in [0.15, 0.2) is 36.1 Å². The summed E-state index contributed by atoms with van der Waals surface area (Å²) in [7, 11) is 1.41. The Kier molecular flexibility index (Phi) is 10.8. The molecule has 0 saturated heterocycles. The summed E-state index contributed by atoms with van der Waals surface area (Å²) in [6, 6.07) is 0. The fourth-order valence-electron chi connectivity index (χ4n) is 6.47. The van der Waals surface area contributed by atoms with Crippen molar-refractivity contribution in [2.45, 2.75) is 78.7 Å². The van der Waals surface area contributed by atoms with E-state index >= 15 is 0 Å². The van der Waals surface area contributed by atoms with Crippen molar-refractivity contribution in [2.24, 2.45) is 23.7 Å². The largest absolute Gasteiger partial charge is 0.507 e. The van der Waals surface area contributed by atoms with Gasteiger partial charge in [0.2, 0.25) is 0 Å². The SMILES string of the molecule is CO[C@H]1/C=C/O[C@@]2(C)Oc3c(C)c(O)c4c(O)c(c(C=O)c(O)c4c3C2=O)NC(=O)/C(C)=C\C=C\[C@H](C)[C@H](O)[C@@H](C)[C@@H](O)[C@@H](C)[C@H](O)[C@@H]1C. The Balaban J connectivity index is 1.91. The highest BCUT2D eigenvalue weighted by Crippen LogP contribution is 2.55. The lowest BCUT2D eigenvalue weighted by molar-refractivity contribution is -0.112. The van der Waals surface area contributed by atoms with E-state index in [1.54, 1.807) is 33.8 Å². The van der Waals surface area contributed by atoms with Crippen LogP contribution in [-0.2, 0) is 14.3 Å². The molecule has 5 bridgehead atoms. The zero-order valence-electron chi connectivity index (χ0n) is 28.7. The molecule has 0 aromatic heterocycles. The summed E-state index contributed by atoms with van der Waals surface area (Å²) in [6.07, 6.45) is 3.34. The first-order chi connectivity index (χ1) is 22.9. The smallest absolute Gasteiger partial charge is 0.312 e. The highest BCUT2D eigenvalue weighted by molar-refractivity contribution is 6.23. The Bertz CT molecular complexity index is 1750. The van der Waals surface area contributed by atoms with Crippen molar-refractivity contribution in [2.75, 3.05) is 12.4 Å². The number of methoxy groups -OCH3 is 1. The molecule has 3 heterocycles. The average Bonchev–Trinajstić information content (AvgIpc) is 3.34. The maximum Gasteiger partial charge on any atom is 0.312 e. The monoisotopic (exact) mass is 683 g/mol. The standard InChI is InChI=1S/C36H45NO12/c1-15-10-9-11-16(2)35(46)37-26-21(14-38)31(43)23-24(32(26)44)30(42)20(6)33-25(23)34(45)36(7,49-33)48-13-12-22(47-8)17(3)28(40)19(5)29(41)18(4)27(15)39/h9-15,17-19,22,27-29,39-44H,1-8H3,(H,37,46)/b10-9+,13-12+,16-11-/t15-,17+,18+,19-,22-,27-,28+,29+,36-/m0/s1. The Labute approximate surface area is 284 Å². The van der Waals surface area contributed by atoms with Crippen molar-refractivity contribution in [1.29, 1.82) is 0 Å². The van der Waals surface area contributed by atoms with E-state index in [1.165, 1.54) is 46.1 Å². The van der Waals surface area contributed by atoms with E-state index in [0.717, 1.165) is 6.26 Å². The number of fused-ring (bicyclic) bond motifs is 14. The second kappa shape index (κ2) is 14.2. The van der Waals surface area contributed by atoms with Crippen LogP contribution in [0.4, 0.5) is 5.69 Å². The molecule has 13 nitrogen and oxygen atoms in total. The predicted octanol–water partition coefficient (Wildman–Crippen LogP) is 4.00. The van der Waals surface area contributed by atoms with Crippen molar-refractivity contribution in [3.63, 3.8) is 0 Å². The molecule has 0 spiro atoms. The van der Waals surface area contributed by atoms with Gasteiger partial charge in [-0.25, -0.2) is 0 Å². The van der Waals surface area contributed by atoms with E-state index in [0.29, 0.717) is 0 Å². The van der Waals surface area contributed by atoms with Gasteiger partial charge >= 0.3 is 5.79 Å². The Morgan fingerprint density at radius 3 is 2.10 bits per heavy atom. The number of nitrogens with one attached hydrogen (secondary N) is 1. The lowest BCUT2D eigenvalue weighted by atomic mass is 9.78. The van der Waals surface area contributed by atoms with Gasteiger partial charge in [0.05, 0.1) is 52.9 Å². The summed E-state index contributed by atoms with van der Waals surface area (Å²) >= 11 is 0. The minimum atomic E-state index is -2.05. The second-order valence-corrected chi connectivity index (χ2v) is 13.2. The number of ether oxygens (including phenoxy) is 3. The normalized spacial score (nSPS) is 33.7. The second-order valence-electron chi connectivity index (χ2n) is 13.2. The van der Waals surface area contributed by atoms with E-state index in [2.05, 4.69) is 5.32 Å². The van der Waals surface area contributed by atoms with Crippen LogP contribution >= 0.6 is 0 Å². The maximum absolute atomic E-state index is 13.9. The van der Waals surface area contributed by atoms with E-state index in [4.69, 9.17) is 14.2 Å². The van der Waals surface area contributed by atoms with E-state index in [9.17, 15) is 45.0 Å². The number of carbonyl (C=O) groups is 3. The lowest BCUT2D eigenvalue weighted by Crippen LogP contribution is -2.44. The number of aliphatic hydroxyl groups is 3. The van der Waals surface area contributed by atoms with E-state index < -0.39 is 99.5 Å². The Hall–Kier alpha value is -4.43. The summed E-state index contributed by atoms with van der Waals surface area (Å²) in [5.74, 6) is -8.42. The number of carbonyl (C=O) groups excluding carboxylic acids is 3. The molecule has 266 valence electrons. The fraction of sp³-hybridized carbons (Fsp3) is 0.472. The first-order valence-electron chi connectivity index (χ1n) is 16.0. The molecule has 3 aliphatic heterocycles. The average molecular weight is 684 g/mol. The van der Waals surface area contributed by atoms with Gasteiger partial charge in [-0.05, 0) is 19.9 Å². The molecule has 0 fully saturated rings. The first kappa shape index (κ1) is 37.4. The molecule has 0 aliphatic carbocycles. The van der Waals surface area contributed by atoms with Crippen molar-refractivity contribution in [1.82, 2.24) is 0 Å². The molecule has 7 N–H and O–H groups in total. The Morgan fingerprint density at radius 1 is 0.878 bits per heavy atom. The third-order valence-electron chi connectivity index (χ3n) is 9.89. The number of hydrogen-bond donors (Lipinski definition) is 7. The number of ketones is 1. The Morgan fingerprint density at radius 2 is 1.49 bits per heavy atom. The summed E-state index contributed by atoms with van der Waals surface area (Å²) in [6.45, 7) is 10.9. The molecule has 2 aromatic carbocycles. The van der Waals surface area contributed by atoms with Gasteiger partial charge in [-0.3, -0.25) is 14.4 Å². The number of aldehydes is 1.